The third kappa shape index (κ3) is 6.14. The molecule has 0 fully saturated rings. The predicted octanol–water partition coefficient (Wildman–Crippen LogP) is 5.04. The largest absolute Gasteiger partial charge is 0.494 e. The standard InChI is InChI=1S/C23H23NO3S2/c1-2-27-21-12-10-20(11-13-21)24-29(25,26)23-14-8-19(9-15-23)17-22(28)16-18-6-4-3-5-7-18/h3-15,24H,2,16-17H2,1H3. The second-order valence-corrected chi connectivity index (χ2v) is 8.84. The van der Waals surface area contributed by atoms with Crippen LogP contribution in [0.3, 0.4) is 0 Å². The molecule has 0 heterocycles. The van der Waals surface area contributed by atoms with Gasteiger partial charge in [0.1, 0.15) is 5.75 Å². The summed E-state index contributed by atoms with van der Waals surface area (Å²) in [5.74, 6) is 0.700. The molecule has 29 heavy (non-hydrogen) atoms. The van der Waals surface area contributed by atoms with Crippen LogP contribution in [0.5, 0.6) is 5.75 Å². The first kappa shape index (κ1) is 21.0. The summed E-state index contributed by atoms with van der Waals surface area (Å²) in [6.07, 6.45) is 1.37. The van der Waals surface area contributed by atoms with Crippen LogP contribution in [0.25, 0.3) is 0 Å². The Morgan fingerprint density at radius 3 is 2.03 bits per heavy atom. The Kier molecular flexibility index (Phi) is 7.01. The molecule has 4 nitrogen and oxygen atoms in total. The van der Waals surface area contributed by atoms with E-state index in [9.17, 15) is 8.42 Å². The van der Waals surface area contributed by atoms with E-state index < -0.39 is 10.0 Å². The van der Waals surface area contributed by atoms with E-state index in [1.165, 1.54) is 5.56 Å². The first-order valence-electron chi connectivity index (χ1n) is 9.36. The number of hydrogen-bond acceptors (Lipinski definition) is 4. The van der Waals surface area contributed by atoms with Crippen LogP contribution in [0, 0.1) is 0 Å². The van der Waals surface area contributed by atoms with Crippen molar-refractivity contribution < 1.29 is 13.2 Å². The van der Waals surface area contributed by atoms with Crippen molar-refractivity contribution in [2.45, 2.75) is 24.7 Å². The van der Waals surface area contributed by atoms with E-state index in [0.29, 0.717) is 24.5 Å². The van der Waals surface area contributed by atoms with Crippen molar-refractivity contribution in [1.29, 1.82) is 0 Å². The summed E-state index contributed by atoms with van der Waals surface area (Å²) in [6, 6.07) is 23.7. The van der Waals surface area contributed by atoms with Gasteiger partial charge in [-0.05, 0) is 54.4 Å². The van der Waals surface area contributed by atoms with Gasteiger partial charge in [-0.2, -0.15) is 0 Å². The summed E-state index contributed by atoms with van der Waals surface area (Å²) in [7, 11) is -3.66. The van der Waals surface area contributed by atoms with Crippen LogP contribution in [0.2, 0.25) is 0 Å². The molecule has 0 aliphatic carbocycles. The topological polar surface area (TPSA) is 55.4 Å². The van der Waals surface area contributed by atoms with Crippen LogP contribution in [0.4, 0.5) is 5.69 Å². The van der Waals surface area contributed by atoms with Gasteiger partial charge < -0.3 is 4.74 Å². The second-order valence-electron chi connectivity index (χ2n) is 6.58. The number of sulfonamides is 1. The summed E-state index contributed by atoms with van der Waals surface area (Å²) in [5, 5.41) is 0. The van der Waals surface area contributed by atoms with E-state index >= 15 is 0 Å². The zero-order valence-corrected chi connectivity index (χ0v) is 17.8. The summed E-state index contributed by atoms with van der Waals surface area (Å²) in [6.45, 7) is 2.46. The number of nitrogens with one attached hydrogen (secondary N) is 1. The van der Waals surface area contributed by atoms with Crippen molar-refractivity contribution in [3.63, 3.8) is 0 Å². The molecule has 0 spiro atoms. The summed E-state index contributed by atoms with van der Waals surface area (Å²) in [5.41, 5.74) is 2.66. The summed E-state index contributed by atoms with van der Waals surface area (Å²) >= 11 is 5.50. The van der Waals surface area contributed by atoms with Gasteiger partial charge in [0.2, 0.25) is 0 Å². The van der Waals surface area contributed by atoms with Crippen molar-refractivity contribution in [1.82, 2.24) is 0 Å². The second kappa shape index (κ2) is 9.67. The molecule has 150 valence electrons. The fourth-order valence-corrected chi connectivity index (χ4v) is 4.29. The van der Waals surface area contributed by atoms with E-state index in [1.807, 2.05) is 37.3 Å². The van der Waals surface area contributed by atoms with Crippen LogP contribution in [-0.4, -0.2) is 19.9 Å². The lowest BCUT2D eigenvalue weighted by Gasteiger charge is -2.10. The van der Waals surface area contributed by atoms with Crippen LogP contribution >= 0.6 is 12.2 Å². The number of ether oxygens (including phenoxy) is 1. The van der Waals surface area contributed by atoms with Gasteiger partial charge >= 0.3 is 0 Å². The van der Waals surface area contributed by atoms with E-state index in [4.69, 9.17) is 17.0 Å². The van der Waals surface area contributed by atoms with E-state index in [1.54, 1.807) is 36.4 Å². The van der Waals surface area contributed by atoms with Crippen LogP contribution < -0.4 is 9.46 Å². The van der Waals surface area contributed by atoms with Crippen molar-refractivity contribution >= 4 is 32.8 Å². The van der Waals surface area contributed by atoms with Gasteiger partial charge in [0.25, 0.3) is 10.0 Å². The van der Waals surface area contributed by atoms with Gasteiger partial charge in [-0.3, -0.25) is 4.72 Å². The average molecular weight is 426 g/mol. The highest BCUT2D eigenvalue weighted by atomic mass is 32.2. The maximum Gasteiger partial charge on any atom is 0.261 e. The molecule has 1 N–H and O–H groups in total. The third-order valence-electron chi connectivity index (χ3n) is 4.30. The van der Waals surface area contributed by atoms with Gasteiger partial charge in [-0.1, -0.05) is 54.7 Å². The molecule has 0 atom stereocenters. The molecular formula is C23H23NO3S2. The minimum Gasteiger partial charge on any atom is -0.494 e. The molecular weight excluding hydrogens is 402 g/mol. The predicted molar refractivity (Wildman–Crippen MR) is 121 cm³/mol. The molecule has 0 aliphatic rings. The van der Waals surface area contributed by atoms with Crippen molar-refractivity contribution in [3.05, 3.63) is 90.0 Å². The fraction of sp³-hybridized carbons (Fsp3) is 0.174. The van der Waals surface area contributed by atoms with Crippen LogP contribution in [0.15, 0.2) is 83.8 Å². The van der Waals surface area contributed by atoms with Gasteiger partial charge in [-0.25, -0.2) is 8.42 Å². The molecule has 0 unspecified atom stereocenters. The monoisotopic (exact) mass is 425 g/mol. The number of anilines is 1. The minimum absolute atomic E-state index is 0.212. The quantitative estimate of drug-likeness (QED) is 0.488. The Morgan fingerprint density at radius 1 is 0.862 bits per heavy atom. The number of benzene rings is 3. The van der Waals surface area contributed by atoms with Crippen LogP contribution in [-0.2, 0) is 22.9 Å². The lowest BCUT2D eigenvalue weighted by atomic mass is 10.0. The normalized spacial score (nSPS) is 11.1. The minimum atomic E-state index is -3.66. The average Bonchev–Trinajstić information content (AvgIpc) is 2.70. The molecule has 0 radical (unpaired) electrons. The molecule has 0 saturated heterocycles. The molecule has 3 aromatic rings. The van der Waals surface area contributed by atoms with Gasteiger partial charge in [0, 0.05) is 23.4 Å². The number of thiocarbonyl (C=S) groups is 1. The first-order valence-corrected chi connectivity index (χ1v) is 11.3. The fourth-order valence-electron chi connectivity index (χ4n) is 2.90. The smallest absolute Gasteiger partial charge is 0.261 e. The van der Waals surface area contributed by atoms with Gasteiger partial charge in [0.05, 0.1) is 11.5 Å². The highest BCUT2D eigenvalue weighted by Crippen LogP contribution is 2.20. The molecule has 3 aromatic carbocycles. The van der Waals surface area contributed by atoms with Crippen LogP contribution in [0.1, 0.15) is 18.1 Å². The Labute approximate surface area is 177 Å². The van der Waals surface area contributed by atoms with E-state index in [2.05, 4.69) is 16.9 Å². The van der Waals surface area contributed by atoms with E-state index in [0.717, 1.165) is 16.8 Å². The van der Waals surface area contributed by atoms with Gasteiger partial charge in [-0.15, -0.1) is 0 Å². The van der Waals surface area contributed by atoms with Gasteiger partial charge in [0.15, 0.2) is 0 Å². The third-order valence-corrected chi connectivity index (χ3v) is 5.98. The lowest BCUT2D eigenvalue weighted by molar-refractivity contribution is 0.340. The van der Waals surface area contributed by atoms with Crippen molar-refractivity contribution in [2.75, 3.05) is 11.3 Å². The SMILES string of the molecule is CCOc1ccc(NS(=O)(=O)c2ccc(CC(=S)Cc3ccccc3)cc2)cc1. The molecule has 3 rings (SSSR count). The zero-order valence-electron chi connectivity index (χ0n) is 16.2. The molecule has 0 amide bonds. The molecule has 6 heteroatoms. The van der Waals surface area contributed by atoms with Crippen molar-refractivity contribution in [3.8, 4) is 5.75 Å². The molecule has 0 saturated carbocycles. The number of rotatable bonds is 9. The lowest BCUT2D eigenvalue weighted by Crippen LogP contribution is -2.13. The summed E-state index contributed by atoms with van der Waals surface area (Å²) < 4.78 is 33.2. The Bertz CT molecular complexity index is 1050. The highest BCUT2D eigenvalue weighted by Gasteiger charge is 2.14. The highest BCUT2D eigenvalue weighted by molar-refractivity contribution is 7.92. The zero-order chi connectivity index (χ0) is 20.7. The number of hydrogen-bond donors (Lipinski definition) is 1. The first-order chi connectivity index (χ1) is 14.0. The Balaban J connectivity index is 1.62. The van der Waals surface area contributed by atoms with E-state index in [-0.39, 0.29) is 4.90 Å². The summed E-state index contributed by atoms with van der Waals surface area (Å²) in [4.78, 5) is 1.13. The maximum atomic E-state index is 12.6. The molecule has 0 aliphatic heterocycles. The maximum absolute atomic E-state index is 12.6. The molecule has 0 aromatic heterocycles. The Morgan fingerprint density at radius 2 is 1.45 bits per heavy atom. The molecule has 0 bridgehead atoms. The Hall–Kier alpha value is -2.70. The van der Waals surface area contributed by atoms with Crippen molar-refractivity contribution in [2.24, 2.45) is 0 Å².